The minimum Gasteiger partial charge on any atom is -0.340 e. The highest BCUT2D eigenvalue weighted by molar-refractivity contribution is 6.31. The van der Waals surface area contributed by atoms with Crippen molar-refractivity contribution in [1.29, 1.82) is 0 Å². The zero-order valence-corrected chi connectivity index (χ0v) is 14.4. The maximum atomic E-state index is 13.3. The summed E-state index contributed by atoms with van der Waals surface area (Å²) < 4.78 is 13.3. The highest BCUT2D eigenvalue weighted by Crippen LogP contribution is 2.29. The van der Waals surface area contributed by atoms with Crippen molar-refractivity contribution < 1.29 is 9.18 Å². The van der Waals surface area contributed by atoms with E-state index in [1.807, 2.05) is 24.3 Å². The maximum Gasteiger partial charge on any atom is 0.277 e. The van der Waals surface area contributed by atoms with E-state index in [4.69, 9.17) is 11.6 Å². The van der Waals surface area contributed by atoms with Gasteiger partial charge in [-0.1, -0.05) is 29.8 Å². The van der Waals surface area contributed by atoms with Gasteiger partial charge in [0.25, 0.3) is 5.91 Å². The number of halogens is 2. The number of nitrogens with zero attached hydrogens (tertiary/aromatic N) is 3. The van der Waals surface area contributed by atoms with E-state index in [2.05, 4.69) is 15.3 Å². The van der Waals surface area contributed by atoms with Gasteiger partial charge in [0.2, 0.25) is 0 Å². The molecule has 0 saturated carbocycles. The van der Waals surface area contributed by atoms with E-state index in [9.17, 15) is 9.18 Å². The fourth-order valence-electron chi connectivity index (χ4n) is 2.95. The van der Waals surface area contributed by atoms with Gasteiger partial charge in [0, 0.05) is 24.0 Å². The molecule has 0 unspecified atom stereocenters. The lowest BCUT2D eigenvalue weighted by molar-refractivity contribution is 0.0984. The Morgan fingerprint density at radius 3 is 2.85 bits per heavy atom. The Morgan fingerprint density at radius 1 is 1.15 bits per heavy atom. The molecular weight excluding hydrogens is 355 g/mol. The lowest BCUT2D eigenvalue weighted by Gasteiger charge is -2.17. The molecule has 3 aromatic rings. The Hall–Kier alpha value is -2.99. The first-order valence-electron chi connectivity index (χ1n) is 8.06. The van der Waals surface area contributed by atoms with Crippen LogP contribution in [0.3, 0.4) is 0 Å². The van der Waals surface area contributed by atoms with Crippen LogP contribution < -0.4 is 10.2 Å². The molecule has 26 heavy (non-hydrogen) atoms. The number of fused-ring (bicyclic) bond motifs is 1. The van der Waals surface area contributed by atoms with Gasteiger partial charge in [0.15, 0.2) is 0 Å². The van der Waals surface area contributed by atoms with Crippen LogP contribution in [0.1, 0.15) is 16.1 Å². The standard InChI is InChI=1S/C19H14ClFN4O/c20-14-9-13(5-6-15(14)21)24-18-10-16(22-11-23-18)19(26)25-8-7-12-3-1-2-4-17(12)25/h1-6,9-11H,7-8H2,(H,22,23,24). The van der Waals surface area contributed by atoms with Gasteiger partial charge in [-0.25, -0.2) is 14.4 Å². The molecule has 4 rings (SSSR count). The molecule has 1 N–H and O–H groups in total. The minimum atomic E-state index is -0.497. The van der Waals surface area contributed by atoms with Gasteiger partial charge in [-0.2, -0.15) is 0 Å². The number of carbonyl (C=O) groups is 1. The van der Waals surface area contributed by atoms with E-state index in [1.54, 1.807) is 17.0 Å². The Labute approximate surface area is 154 Å². The fourth-order valence-corrected chi connectivity index (χ4v) is 3.13. The Balaban J connectivity index is 1.58. The summed E-state index contributed by atoms with van der Waals surface area (Å²) in [5, 5.41) is 3.01. The summed E-state index contributed by atoms with van der Waals surface area (Å²) in [4.78, 5) is 22.8. The molecule has 130 valence electrons. The molecule has 7 heteroatoms. The topological polar surface area (TPSA) is 58.1 Å². The van der Waals surface area contributed by atoms with Crippen LogP contribution in [0, 0.1) is 5.82 Å². The smallest absolute Gasteiger partial charge is 0.277 e. The number of amides is 1. The van der Waals surface area contributed by atoms with Crippen LogP contribution in [0.2, 0.25) is 5.02 Å². The lowest BCUT2D eigenvalue weighted by Crippen LogP contribution is -2.29. The predicted molar refractivity (Wildman–Crippen MR) is 98.5 cm³/mol. The Kier molecular flexibility index (Phi) is 4.26. The van der Waals surface area contributed by atoms with Crippen molar-refractivity contribution in [3.8, 4) is 0 Å². The summed E-state index contributed by atoms with van der Waals surface area (Å²) in [5.74, 6) is -0.250. The molecule has 0 saturated heterocycles. The number of para-hydroxylation sites is 1. The van der Waals surface area contributed by atoms with E-state index >= 15 is 0 Å². The molecule has 0 radical (unpaired) electrons. The first kappa shape index (κ1) is 16.5. The monoisotopic (exact) mass is 368 g/mol. The molecule has 0 aliphatic carbocycles. The number of benzene rings is 2. The Morgan fingerprint density at radius 2 is 2.00 bits per heavy atom. The van der Waals surface area contributed by atoms with E-state index in [-0.39, 0.29) is 16.6 Å². The van der Waals surface area contributed by atoms with E-state index in [0.717, 1.165) is 17.7 Å². The number of rotatable bonds is 3. The highest BCUT2D eigenvalue weighted by Gasteiger charge is 2.26. The molecule has 0 bridgehead atoms. The van der Waals surface area contributed by atoms with Crippen molar-refractivity contribution >= 4 is 34.7 Å². The number of carbonyl (C=O) groups excluding carboxylic acids is 1. The predicted octanol–water partition coefficient (Wildman–Crippen LogP) is 4.22. The van der Waals surface area contributed by atoms with E-state index in [0.29, 0.717) is 18.1 Å². The van der Waals surface area contributed by atoms with Gasteiger partial charge in [0.05, 0.1) is 5.02 Å². The van der Waals surface area contributed by atoms with E-state index in [1.165, 1.54) is 18.5 Å². The third-order valence-corrected chi connectivity index (χ3v) is 4.50. The van der Waals surface area contributed by atoms with E-state index < -0.39 is 5.82 Å². The number of hydrogen-bond donors (Lipinski definition) is 1. The van der Waals surface area contributed by atoms with Crippen molar-refractivity contribution in [3.05, 3.63) is 77.0 Å². The molecule has 1 amide bonds. The van der Waals surface area contributed by atoms with Crippen LogP contribution in [0.25, 0.3) is 0 Å². The average molecular weight is 369 g/mol. The average Bonchev–Trinajstić information content (AvgIpc) is 3.08. The highest BCUT2D eigenvalue weighted by atomic mass is 35.5. The third-order valence-electron chi connectivity index (χ3n) is 4.21. The van der Waals surface area contributed by atoms with Crippen LogP contribution in [-0.2, 0) is 6.42 Å². The van der Waals surface area contributed by atoms with Crippen molar-refractivity contribution in [1.82, 2.24) is 9.97 Å². The number of hydrogen-bond acceptors (Lipinski definition) is 4. The molecule has 0 spiro atoms. The Bertz CT molecular complexity index is 995. The maximum absolute atomic E-state index is 13.3. The van der Waals surface area contributed by atoms with Gasteiger partial charge in [-0.3, -0.25) is 4.79 Å². The molecule has 2 heterocycles. The molecule has 0 atom stereocenters. The molecule has 1 aliphatic rings. The number of aromatic nitrogens is 2. The van der Waals surface area contributed by atoms with Crippen LogP contribution in [0.4, 0.5) is 21.6 Å². The van der Waals surface area contributed by atoms with Gasteiger partial charge in [-0.15, -0.1) is 0 Å². The van der Waals surface area contributed by atoms with Gasteiger partial charge >= 0.3 is 0 Å². The van der Waals surface area contributed by atoms with Crippen LogP contribution in [-0.4, -0.2) is 22.4 Å². The lowest BCUT2D eigenvalue weighted by atomic mass is 10.2. The van der Waals surface area contributed by atoms with Crippen molar-refractivity contribution in [2.24, 2.45) is 0 Å². The first-order chi connectivity index (χ1) is 12.6. The van der Waals surface area contributed by atoms with Crippen LogP contribution in [0.15, 0.2) is 54.9 Å². The van der Waals surface area contributed by atoms with Crippen molar-refractivity contribution in [2.45, 2.75) is 6.42 Å². The fraction of sp³-hybridized carbons (Fsp3) is 0.105. The molecule has 1 aliphatic heterocycles. The van der Waals surface area contributed by atoms with Crippen LogP contribution >= 0.6 is 11.6 Å². The van der Waals surface area contributed by atoms with Gasteiger partial charge in [-0.05, 0) is 36.2 Å². The normalized spacial score (nSPS) is 12.8. The third kappa shape index (κ3) is 3.11. The van der Waals surface area contributed by atoms with Gasteiger partial charge in [0.1, 0.15) is 23.7 Å². The molecule has 1 aromatic heterocycles. The van der Waals surface area contributed by atoms with Crippen molar-refractivity contribution in [2.75, 3.05) is 16.8 Å². The SMILES string of the molecule is O=C(c1cc(Nc2ccc(F)c(Cl)c2)ncn1)N1CCc2ccccc21. The van der Waals surface area contributed by atoms with Crippen LogP contribution in [0.5, 0.6) is 0 Å². The summed E-state index contributed by atoms with van der Waals surface area (Å²) >= 11 is 5.79. The first-order valence-corrected chi connectivity index (χ1v) is 8.43. The quantitative estimate of drug-likeness (QED) is 0.752. The summed E-state index contributed by atoms with van der Waals surface area (Å²) in [6.07, 6.45) is 2.15. The van der Waals surface area contributed by atoms with Crippen molar-refractivity contribution in [3.63, 3.8) is 0 Å². The second kappa shape index (κ2) is 6.72. The summed E-state index contributed by atoms with van der Waals surface area (Å²) in [5.41, 5.74) is 2.91. The summed E-state index contributed by atoms with van der Waals surface area (Å²) in [6, 6.07) is 13.7. The number of anilines is 3. The zero-order valence-electron chi connectivity index (χ0n) is 13.6. The zero-order chi connectivity index (χ0) is 18.1. The molecule has 2 aromatic carbocycles. The molecule has 0 fully saturated rings. The van der Waals surface area contributed by atoms with Gasteiger partial charge < -0.3 is 10.2 Å². The minimum absolute atomic E-state index is 0.00836. The number of nitrogens with one attached hydrogen (secondary N) is 1. The second-order valence-corrected chi connectivity index (χ2v) is 6.29. The largest absolute Gasteiger partial charge is 0.340 e. The molecular formula is C19H14ClFN4O. The summed E-state index contributed by atoms with van der Waals surface area (Å²) in [7, 11) is 0. The second-order valence-electron chi connectivity index (χ2n) is 5.88. The summed E-state index contributed by atoms with van der Waals surface area (Å²) in [6.45, 7) is 0.624. The molecule has 5 nitrogen and oxygen atoms in total.